The van der Waals surface area contributed by atoms with Gasteiger partial charge in [-0.3, -0.25) is 0 Å². The van der Waals surface area contributed by atoms with Gasteiger partial charge in [-0.1, -0.05) is 0 Å². The molecule has 0 unspecified atom stereocenters. The summed E-state index contributed by atoms with van der Waals surface area (Å²) in [5.74, 6) is 0. The SMILES string of the molecule is CCCCCC(=Nc1cc(CCCCC)cc(CCCCC)c1)C(CCCC)=[N+]([Pd])c1cc(CCCCC)cc(CCCCC)c1. The number of benzene rings is 2. The first-order valence-corrected chi connectivity index (χ1v) is 20.3. The van der Waals surface area contributed by atoms with Gasteiger partial charge in [0.1, 0.15) is 0 Å². The average molecular weight is 721 g/mol. The average Bonchev–Trinajstić information content (AvgIpc) is 3.05. The van der Waals surface area contributed by atoms with Crippen LogP contribution in [-0.4, -0.2) is 14.6 Å². The van der Waals surface area contributed by atoms with Crippen LogP contribution in [0.1, 0.15) is 186 Å². The number of unbranched alkanes of at least 4 members (excludes halogenated alkanes) is 11. The first-order valence-electron chi connectivity index (χ1n) is 19.6. The molecule has 46 heavy (non-hydrogen) atoms. The zero-order valence-corrected chi connectivity index (χ0v) is 32.5. The number of hydrogen-bond acceptors (Lipinski definition) is 1. The van der Waals surface area contributed by atoms with Crippen molar-refractivity contribution in [1.29, 1.82) is 0 Å². The molecular formula is C43H70N2Pd+. The van der Waals surface area contributed by atoms with E-state index < -0.39 is 0 Å². The number of nitrogens with zero attached hydrogens (tertiary/aromatic N) is 2. The number of aliphatic imine (C=N–C) groups is 1. The van der Waals surface area contributed by atoms with Gasteiger partial charge in [-0.05, 0) is 0 Å². The summed E-state index contributed by atoms with van der Waals surface area (Å²) in [6.07, 6.45) is 28.1. The molecule has 0 atom stereocenters. The monoisotopic (exact) mass is 720 g/mol. The predicted octanol–water partition coefficient (Wildman–Crippen LogP) is 13.7. The Hall–Kier alpha value is -1.56. The van der Waals surface area contributed by atoms with Gasteiger partial charge in [0.05, 0.1) is 0 Å². The third kappa shape index (κ3) is 16.0. The molecule has 0 aliphatic rings. The van der Waals surface area contributed by atoms with E-state index in [0.717, 1.165) is 25.7 Å². The van der Waals surface area contributed by atoms with Crippen molar-refractivity contribution in [1.82, 2.24) is 0 Å². The number of hydrogen-bond donors (Lipinski definition) is 0. The van der Waals surface area contributed by atoms with Crippen LogP contribution in [0.3, 0.4) is 0 Å². The van der Waals surface area contributed by atoms with E-state index in [2.05, 4.69) is 101 Å². The van der Waals surface area contributed by atoms with Crippen LogP contribution in [0, 0.1) is 0 Å². The third-order valence-corrected chi connectivity index (χ3v) is 9.98. The van der Waals surface area contributed by atoms with Gasteiger partial charge >= 0.3 is 298 Å². The minimum atomic E-state index is 1.03. The summed E-state index contributed by atoms with van der Waals surface area (Å²) in [6, 6.07) is 14.7. The maximum atomic E-state index is 5.59. The Morgan fingerprint density at radius 3 is 1.28 bits per heavy atom. The van der Waals surface area contributed by atoms with Gasteiger partial charge in [-0.25, -0.2) is 0 Å². The molecule has 0 aliphatic heterocycles. The standard InChI is InChI=1S/C43H70N2.Pd/c1-7-13-19-24-36-30-37(25-20-14-8-2)33-40(32-36)44-42(28-18-12-6)43(29-23-17-11-5)45-41-34-38(26-21-15-9-3)31-39(35-41)27-22-16-10-4;/h30-35H,7-29H2,1-6H3;/q;+1. The molecule has 0 spiro atoms. The Morgan fingerprint density at radius 2 is 0.870 bits per heavy atom. The maximum absolute atomic E-state index is 5.59. The molecule has 0 amide bonds. The van der Waals surface area contributed by atoms with Gasteiger partial charge in [0.25, 0.3) is 0 Å². The van der Waals surface area contributed by atoms with E-state index in [1.165, 1.54) is 167 Å². The number of aryl methyl sites for hydroxylation is 4. The quantitative estimate of drug-likeness (QED) is 0.0522. The summed E-state index contributed by atoms with van der Waals surface area (Å²) in [6.45, 7) is 13.8. The molecule has 0 saturated heterocycles. The fraction of sp³-hybridized carbons (Fsp3) is 0.674. The summed E-state index contributed by atoms with van der Waals surface area (Å²) in [7, 11) is 0. The van der Waals surface area contributed by atoms with E-state index in [-0.39, 0.29) is 0 Å². The summed E-state index contributed by atoms with van der Waals surface area (Å²) in [5, 5.41) is 0. The van der Waals surface area contributed by atoms with E-state index in [0.29, 0.717) is 0 Å². The molecule has 2 aromatic rings. The molecule has 0 fully saturated rings. The van der Waals surface area contributed by atoms with Gasteiger partial charge in [0.2, 0.25) is 0 Å². The van der Waals surface area contributed by atoms with Gasteiger partial charge < -0.3 is 0 Å². The molecule has 0 saturated carbocycles. The minimum absolute atomic E-state index is 1.03. The van der Waals surface area contributed by atoms with Crippen LogP contribution < -0.4 is 0 Å². The molecule has 0 heterocycles. The van der Waals surface area contributed by atoms with E-state index in [4.69, 9.17) is 4.99 Å². The molecule has 0 aliphatic carbocycles. The van der Waals surface area contributed by atoms with Crippen molar-refractivity contribution >= 4 is 22.8 Å². The second-order valence-electron chi connectivity index (χ2n) is 13.7. The van der Waals surface area contributed by atoms with Gasteiger partial charge in [0.15, 0.2) is 0 Å². The third-order valence-electron chi connectivity index (χ3n) is 9.16. The summed E-state index contributed by atoms with van der Waals surface area (Å²) in [4.78, 5) is 5.59. The van der Waals surface area contributed by atoms with Crippen LogP contribution >= 0.6 is 0 Å². The van der Waals surface area contributed by atoms with Crippen molar-refractivity contribution in [2.75, 3.05) is 0 Å². The summed E-state index contributed by atoms with van der Waals surface area (Å²) < 4.78 is 2.39. The summed E-state index contributed by atoms with van der Waals surface area (Å²) in [5.41, 5.74) is 11.0. The predicted molar refractivity (Wildman–Crippen MR) is 201 cm³/mol. The first-order chi connectivity index (χ1) is 22.5. The van der Waals surface area contributed by atoms with Crippen molar-refractivity contribution in [2.24, 2.45) is 4.99 Å². The molecule has 2 rings (SSSR count). The summed E-state index contributed by atoms with van der Waals surface area (Å²) >= 11 is 3.80. The van der Waals surface area contributed by atoms with Crippen LogP contribution in [0.5, 0.6) is 0 Å². The molecule has 3 heteroatoms. The molecule has 261 valence electrons. The van der Waals surface area contributed by atoms with Crippen molar-refractivity contribution in [3.63, 3.8) is 0 Å². The van der Waals surface area contributed by atoms with Crippen molar-refractivity contribution in [2.45, 2.75) is 189 Å². The van der Waals surface area contributed by atoms with Crippen LogP contribution in [0.25, 0.3) is 0 Å². The Bertz CT molecular complexity index is 1100. The second-order valence-corrected chi connectivity index (χ2v) is 14.4. The van der Waals surface area contributed by atoms with E-state index >= 15 is 0 Å². The van der Waals surface area contributed by atoms with Crippen molar-refractivity contribution in [3.05, 3.63) is 58.7 Å². The zero-order valence-electron chi connectivity index (χ0n) is 30.9. The molecule has 2 nitrogen and oxygen atoms in total. The molecule has 0 radical (unpaired) electrons. The second kappa shape index (κ2) is 25.5. The van der Waals surface area contributed by atoms with Gasteiger partial charge in [0, 0.05) is 0 Å². The van der Waals surface area contributed by atoms with Crippen LogP contribution in [0.2, 0.25) is 0 Å². The Labute approximate surface area is 297 Å². The van der Waals surface area contributed by atoms with E-state index in [1.807, 2.05) is 0 Å². The molecule has 0 aromatic heterocycles. The molecular weight excluding hydrogens is 651 g/mol. The van der Waals surface area contributed by atoms with Crippen LogP contribution in [0.4, 0.5) is 11.4 Å². The van der Waals surface area contributed by atoms with Crippen molar-refractivity contribution in [3.8, 4) is 0 Å². The van der Waals surface area contributed by atoms with Crippen LogP contribution in [0.15, 0.2) is 41.4 Å². The van der Waals surface area contributed by atoms with Crippen LogP contribution in [-0.2, 0) is 45.1 Å². The fourth-order valence-electron chi connectivity index (χ4n) is 6.35. The topological polar surface area (TPSA) is 15.4 Å². The molecule has 2 aromatic carbocycles. The zero-order chi connectivity index (χ0) is 33.4. The van der Waals surface area contributed by atoms with Crippen molar-refractivity contribution < 1.29 is 22.7 Å². The Balaban J connectivity index is 2.68. The Morgan fingerprint density at radius 1 is 0.478 bits per heavy atom. The van der Waals surface area contributed by atoms with Gasteiger partial charge in [-0.2, -0.15) is 0 Å². The fourth-order valence-corrected chi connectivity index (χ4v) is 6.93. The molecule has 0 bridgehead atoms. The normalized spacial score (nSPS) is 12.6. The Kier molecular flexibility index (Phi) is 22.5. The van der Waals surface area contributed by atoms with E-state index in [1.54, 1.807) is 0 Å². The number of rotatable bonds is 26. The molecule has 0 N–H and O–H groups in total. The first kappa shape index (κ1) is 40.6. The van der Waals surface area contributed by atoms with E-state index in [9.17, 15) is 0 Å². The van der Waals surface area contributed by atoms with Gasteiger partial charge in [-0.15, -0.1) is 0 Å².